The van der Waals surface area contributed by atoms with Gasteiger partial charge < -0.3 is 15.4 Å². The number of ether oxygens (including phenoxy) is 1. The Kier molecular flexibility index (Phi) is 8.54. The number of rotatable bonds is 8. The minimum absolute atomic E-state index is 0.337. The van der Waals surface area contributed by atoms with E-state index in [9.17, 15) is 0 Å². The summed E-state index contributed by atoms with van der Waals surface area (Å²) in [7, 11) is 0. The van der Waals surface area contributed by atoms with E-state index in [2.05, 4.69) is 11.8 Å². The average Bonchev–Trinajstić information content (AvgIpc) is 2.22. The first-order valence-corrected chi connectivity index (χ1v) is 5.19. The third kappa shape index (κ3) is 6.84. The van der Waals surface area contributed by atoms with E-state index in [1.165, 1.54) is 0 Å². The molecule has 0 saturated heterocycles. The minimum atomic E-state index is -0.337. The van der Waals surface area contributed by atoms with Crippen molar-refractivity contribution >= 4 is 0 Å². The van der Waals surface area contributed by atoms with Crippen LogP contribution in [-0.2, 0) is 4.74 Å². The van der Waals surface area contributed by atoms with E-state index >= 15 is 0 Å². The molecule has 1 unspecified atom stereocenters. The summed E-state index contributed by atoms with van der Waals surface area (Å²) in [6, 6.07) is 1.69. The molecule has 2 N–H and O–H groups in total. The summed E-state index contributed by atoms with van der Waals surface area (Å²) in [4.78, 5) is 2.24. The monoisotopic (exact) mass is 199 g/mol. The van der Waals surface area contributed by atoms with Crippen molar-refractivity contribution in [3.8, 4) is 6.07 Å². The SMILES string of the molecule is CCOCCN(CC)CCC(N)C#N. The lowest BCUT2D eigenvalue weighted by atomic mass is 10.2. The normalized spacial score (nSPS) is 12.8. The van der Waals surface area contributed by atoms with E-state index < -0.39 is 0 Å². The highest BCUT2D eigenvalue weighted by Gasteiger charge is 2.05. The van der Waals surface area contributed by atoms with Gasteiger partial charge in [0.05, 0.1) is 18.7 Å². The summed E-state index contributed by atoms with van der Waals surface area (Å²) in [5.41, 5.74) is 5.51. The van der Waals surface area contributed by atoms with Crippen molar-refractivity contribution < 1.29 is 4.74 Å². The van der Waals surface area contributed by atoms with Crippen LogP contribution < -0.4 is 5.73 Å². The molecular formula is C10H21N3O. The number of likely N-dealkylation sites (N-methyl/N-ethyl adjacent to an activating group) is 1. The van der Waals surface area contributed by atoms with E-state index in [1.54, 1.807) is 0 Å². The van der Waals surface area contributed by atoms with Crippen LogP contribution in [0.5, 0.6) is 0 Å². The van der Waals surface area contributed by atoms with Crippen molar-refractivity contribution in [3.05, 3.63) is 0 Å². The molecular weight excluding hydrogens is 178 g/mol. The van der Waals surface area contributed by atoms with Crippen molar-refractivity contribution in [3.63, 3.8) is 0 Å². The van der Waals surface area contributed by atoms with Crippen LogP contribution in [0.3, 0.4) is 0 Å². The maximum atomic E-state index is 8.52. The largest absolute Gasteiger partial charge is 0.380 e. The first kappa shape index (κ1) is 13.4. The summed E-state index contributed by atoms with van der Waals surface area (Å²) in [5.74, 6) is 0. The fourth-order valence-corrected chi connectivity index (χ4v) is 1.15. The molecule has 14 heavy (non-hydrogen) atoms. The molecule has 0 aromatic heterocycles. The molecule has 0 saturated carbocycles. The summed E-state index contributed by atoms with van der Waals surface area (Å²) in [5, 5.41) is 8.52. The van der Waals surface area contributed by atoms with Crippen LogP contribution >= 0.6 is 0 Å². The van der Waals surface area contributed by atoms with Gasteiger partial charge in [-0.2, -0.15) is 5.26 Å². The maximum Gasteiger partial charge on any atom is 0.0940 e. The molecule has 1 atom stereocenters. The molecule has 0 aliphatic heterocycles. The Bertz CT molecular complexity index is 167. The molecule has 0 spiro atoms. The van der Waals surface area contributed by atoms with Gasteiger partial charge in [0, 0.05) is 19.7 Å². The van der Waals surface area contributed by atoms with E-state index in [1.807, 2.05) is 13.0 Å². The van der Waals surface area contributed by atoms with Crippen molar-refractivity contribution in [2.75, 3.05) is 32.8 Å². The predicted octanol–water partition coefficient (Wildman–Crippen LogP) is 0.586. The van der Waals surface area contributed by atoms with Gasteiger partial charge in [-0.15, -0.1) is 0 Å². The third-order valence-corrected chi connectivity index (χ3v) is 2.13. The molecule has 0 aromatic carbocycles. The van der Waals surface area contributed by atoms with Gasteiger partial charge in [-0.1, -0.05) is 6.92 Å². The molecule has 0 aliphatic rings. The van der Waals surface area contributed by atoms with Crippen LogP contribution in [0.4, 0.5) is 0 Å². The molecule has 0 fully saturated rings. The van der Waals surface area contributed by atoms with Crippen LogP contribution in [0.15, 0.2) is 0 Å². The van der Waals surface area contributed by atoms with Crippen molar-refractivity contribution in [2.24, 2.45) is 5.73 Å². The second kappa shape index (κ2) is 8.95. The van der Waals surface area contributed by atoms with Crippen LogP contribution in [0.1, 0.15) is 20.3 Å². The van der Waals surface area contributed by atoms with Gasteiger partial charge in [0.25, 0.3) is 0 Å². The molecule has 0 radical (unpaired) electrons. The Labute approximate surface area is 86.6 Å². The van der Waals surface area contributed by atoms with E-state index in [0.29, 0.717) is 0 Å². The Morgan fingerprint density at radius 2 is 2.14 bits per heavy atom. The standard InChI is InChI=1S/C10H21N3O/c1-3-13(7-8-14-4-2)6-5-10(12)9-11/h10H,3-8,12H2,1-2H3. The lowest BCUT2D eigenvalue weighted by Gasteiger charge is -2.20. The number of hydrogen-bond donors (Lipinski definition) is 1. The minimum Gasteiger partial charge on any atom is -0.380 e. The second-order valence-corrected chi connectivity index (χ2v) is 3.16. The molecule has 0 aromatic rings. The molecule has 0 rings (SSSR count). The highest BCUT2D eigenvalue weighted by molar-refractivity contribution is 4.86. The van der Waals surface area contributed by atoms with Crippen LogP contribution in [0.2, 0.25) is 0 Å². The maximum absolute atomic E-state index is 8.52. The van der Waals surface area contributed by atoms with Crippen molar-refractivity contribution in [1.82, 2.24) is 4.90 Å². The van der Waals surface area contributed by atoms with Gasteiger partial charge in [0.1, 0.15) is 0 Å². The van der Waals surface area contributed by atoms with Gasteiger partial charge in [0.15, 0.2) is 0 Å². The smallest absolute Gasteiger partial charge is 0.0940 e. The third-order valence-electron chi connectivity index (χ3n) is 2.13. The zero-order valence-electron chi connectivity index (χ0n) is 9.20. The molecule has 0 aliphatic carbocycles. The van der Waals surface area contributed by atoms with Gasteiger partial charge in [0.2, 0.25) is 0 Å². The van der Waals surface area contributed by atoms with Gasteiger partial charge in [-0.25, -0.2) is 0 Å². The Morgan fingerprint density at radius 3 is 2.64 bits per heavy atom. The van der Waals surface area contributed by atoms with Gasteiger partial charge in [-0.05, 0) is 19.9 Å². The first-order chi connectivity index (χ1) is 6.74. The van der Waals surface area contributed by atoms with Crippen LogP contribution in [0, 0.1) is 11.3 Å². The lowest BCUT2D eigenvalue weighted by Crippen LogP contribution is -2.32. The Hall–Kier alpha value is -0.630. The zero-order valence-corrected chi connectivity index (χ0v) is 9.20. The van der Waals surface area contributed by atoms with Crippen molar-refractivity contribution in [1.29, 1.82) is 5.26 Å². The quantitative estimate of drug-likeness (QED) is 0.581. The van der Waals surface area contributed by atoms with Crippen LogP contribution in [0.25, 0.3) is 0 Å². The number of hydrogen-bond acceptors (Lipinski definition) is 4. The molecule has 4 nitrogen and oxygen atoms in total. The number of nitrogens with two attached hydrogens (primary N) is 1. The van der Waals surface area contributed by atoms with Gasteiger partial charge in [-0.3, -0.25) is 0 Å². The zero-order chi connectivity index (χ0) is 10.8. The highest BCUT2D eigenvalue weighted by atomic mass is 16.5. The fraction of sp³-hybridized carbons (Fsp3) is 0.900. The predicted molar refractivity (Wildman–Crippen MR) is 56.8 cm³/mol. The molecule has 0 heterocycles. The summed E-state index contributed by atoms with van der Waals surface area (Å²) in [6.45, 7) is 8.37. The number of nitriles is 1. The molecule has 0 bridgehead atoms. The topological polar surface area (TPSA) is 62.3 Å². The molecule has 82 valence electrons. The Balaban J connectivity index is 3.53. The summed E-state index contributed by atoms with van der Waals surface area (Å²) >= 11 is 0. The second-order valence-electron chi connectivity index (χ2n) is 3.16. The van der Waals surface area contributed by atoms with Crippen LogP contribution in [-0.4, -0.2) is 43.8 Å². The summed E-state index contributed by atoms with van der Waals surface area (Å²) < 4.78 is 5.26. The summed E-state index contributed by atoms with van der Waals surface area (Å²) in [6.07, 6.45) is 0.733. The fourth-order valence-electron chi connectivity index (χ4n) is 1.15. The van der Waals surface area contributed by atoms with E-state index in [4.69, 9.17) is 15.7 Å². The average molecular weight is 199 g/mol. The lowest BCUT2D eigenvalue weighted by molar-refractivity contribution is 0.114. The molecule has 0 amide bonds. The first-order valence-electron chi connectivity index (χ1n) is 5.19. The van der Waals surface area contributed by atoms with Gasteiger partial charge >= 0.3 is 0 Å². The van der Waals surface area contributed by atoms with E-state index in [0.717, 1.165) is 39.3 Å². The van der Waals surface area contributed by atoms with E-state index in [-0.39, 0.29) is 6.04 Å². The van der Waals surface area contributed by atoms with Crippen molar-refractivity contribution in [2.45, 2.75) is 26.3 Å². The number of nitrogens with zero attached hydrogens (tertiary/aromatic N) is 2. The highest BCUT2D eigenvalue weighted by Crippen LogP contribution is 1.94. The Morgan fingerprint density at radius 1 is 1.43 bits per heavy atom. The molecule has 4 heteroatoms.